The average molecular weight is 1040 g/mol. The highest BCUT2D eigenvalue weighted by molar-refractivity contribution is 6.24. The van der Waals surface area contributed by atoms with Crippen molar-refractivity contribution in [3.8, 4) is 0 Å². The van der Waals surface area contributed by atoms with Gasteiger partial charge in [-0.3, -0.25) is 49.2 Å². The number of esters is 2. The lowest BCUT2D eigenvalue weighted by Gasteiger charge is -2.33. The number of nitrogens with one attached hydrogen (secondary N) is 4. The molecule has 75 heavy (non-hydrogen) atoms. The number of aliphatic hydroxyl groups is 3. The number of rotatable bonds is 24. The number of hydrogen-bond acceptors (Lipinski definition) is 14. The Morgan fingerprint density at radius 1 is 0.547 bits per heavy atom. The zero-order valence-corrected chi connectivity index (χ0v) is 41.9. The highest BCUT2D eigenvalue weighted by atomic mass is 19.1. The molecule has 0 bridgehead atoms. The van der Waals surface area contributed by atoms with Gasteiger partial charge in [-0.2, -0.15) is 0 Å². The third kappa shape index (κ3) is 12.8. The Morgan fingerprint density at radius 3 is 1.25 bits per heavy atom. The van der Waals surface area contributed by atoms with Gasteiger partial charge in [0.15, 0.2) is 0 Å². The van der Waals surface area contributed by atoms with Crippen LogP contribution in [0.15, 0.2) is 91.0 Å². The van der Waals surface area contributed by atoms with Crippen LogP contribution in [-0.2, 0) is 30.5 Å². The molecule has 0 unspecified atom stereocenters. The predicted octanol–water partition coefficient (Wildman–Crippen LogP) is 3.91. The zero-order valence-electron chi connectivity index (χ0n) is 41.9. The molecule has 7 N–H and O–H groups in total. The SMILES string of the molecule is CC(C)C[C@H](N[C@H](CCN1C(=O)c2cc3ccccc3cc2C1=O)C(=O)OC(=O)[C@@H](CCN1C(=O)c2cc3ccccc3cc2C1=O)N[C@@H](CC(C)C)C(=O)NC(CO)(CO)CO)C(=O)NCc1cc(F)cc(F)c1. The van der Waals surface area contributed by atoms with Crippen molar-refractivity contribution in [3.63, 3.8) is 0 Å². The molecule has 0 radical (unpaired) electrons. The maximum Gasteiger partial charge on any atom is 0.330 e. The minimum absolute atomic E-state index is 0.00416. The maximum atomic E-state index is 14.6. The zero-order chi connectivity index (χ0) is 54.3. The van der Waals surface area contributed by atoms with Crippen LogP contribution in [0.5, 0.6) is 0 Å². The maximum absolute atomic E-state index is 14.6. The Hall–Kier alpha value is -7.36. The van der Waals surface area contributed by atoms with Crippen LogP contribution in [0.4, 0.5) is 8.78 Å². The highest BCUT2D eigenvalue weighted by Gasteiger charge is 2.41. The molecule has 0 spiro atoms. The van der Waals surface area contributed by atoms with Crippen molar-refractivity contribution in [2.75, 3.05) is 32.9 Å². The molecular weight excluding hydrogens is 975 g/mol. The van der Waals surface area contributed by atoms with Gasteiger partial charge >= 0.3 is 11.9 Å². The van der Waals surface area contributed by atoms with E-state index < -0.39 is 134 Å². The van der Waals surface area contributed by atoms with E-state index in [9.17, 15) is 62.5 Å². The fourth-order valence-corrected chi connectivity index (χ4v) is 9.23. The summed E-state index contributed by atoms with van der Waals surface area (Å²) >= 11 is 0. The van der Waals surface area contributed by atoms with Crippen molar-refractivity contribution < 1.29 is 67.2 Å². The van der Waals surface area contributed by atoms with Crippen molar-refractivity contribution in [1.29, 1.82) is 0 Å². The van der Waals surface area contributed by atoms with E-state index >= 15 is 0 Å². The van der Waals surface area contributed by atoms with E-state index in [4.69, 9.17) is 4.74 Å². The number of amides is 6. The second-order valence-corrected chi connectivity index (χ2v) is 19.9. The van der Waals surface area contributed by atoms with Crippen molar-refractivity contribution in [3.05, 3.63) is 130 Å². The first-order chi connectivity index (χ1) is 35.7. The third-order valence-electron chi connectivity index (χ3n) is 13.3. The highest BCUT2D eigenvalue weighted by Crippen LogP contribution is 2.30. The molecular formula is C55H60F2N6O12. The van der Waals surface area contributed by atoms with Gasteiger partial charge in [0.25, 0.3) is 23.6 Å². The van der Waals surface area contributed by atoms with Crippen molar-refractivity contribution in [2.24, 2.45) is 11.8 Å². The Labute approximate surface area is 430 Å². The largest absolute Gasteiger partial charge is 0.394 e. The quantitative estimate of drug-likeness (QED) is 0.0263. The van der Waals surface area contributed by atoms with E-state index in [0.717, 1.165) is 21.9 Å². The predicted molar refractivity (Wildman–Crippen MR) is 270 cm³/mol. The van der Waals surface area contributed by atoms with Gasteiger partial charge in [-0.15, -0.1) is 0 Å². The summed E-state index contributed by atoms with van der Waals surface area (Å²) in [7, 11) is 0. The molecule has 20 heteroatoms. The summed E-state index contributed by atoms with van der Waals surface area (Å²) in [5.74, 6) is -9.07. The van der Waals surface area contributed by atoms with Gasteiger partial charge in [0, 0.05) is 25.7 Å². The molecule has 0 fully saturated rings. The van der Waals surface area contributed by atoms with Crippen molar-refractivity contribution >= 4 is 68.9 Å². The van der Waals surface area contributed by atoms with Crippen LogP contribution in [0.1, 0.15) is 100 Å². The van der Waals surface area contributed by atoms with Gasteiger partial charge in [-0.05, 0) is 101 Å². The lowest BCUT2D eigenvalue weighted by molar-refractivity contribution is -0.163. The number of carbonyl (C=O) groups is 8. The number of fused-ring (bicyclic) bond motifs is 4. The van der Waals surface area contributed by atoms with E-state index in [1.807, 2.05) is 0 Å². The molecule has 5 aromatic carbocycles. The first-order valence-electron chi connectivity index (χ1n) is 24.7. The second-order valence-electron chi connectivity index (χ2n) is 19.9. The van der Waals surface area contributed by atoms with Crippen LogP contribution in [0.2, 0.25) is 0 Å². The third-order valence-corrected chi connectivity index (χ3v) is 13.3. The Kier molecular flexibility index (Phi) is 17.6. The van der Waals surface area contributed by atoms with Crippen molar-refractivity contribution in [2.45, 2.75) is 89.6 Å². The van der Waals surface area contributed by atoms with Gasteiger partial charge in [-0.1, -0.05) is 76.2 Å². The number of carbonyl (C=O) groups excluding carboxylic acids is 8. The van der Waals surface area contributed by atoms with Crippen LogP contribution in [0, 0.1) is 23.5 Å². The summed E-state index contributed by atoms with van der Waals surface area (Å²) in [5, 5.41) is 43.8. The van der Waals surface area contributed by atoms with Crippen LogP contribution in [0.25, 0.3) is 21.5 Å². The Morgan fingerprint density at radius 2 is 0.907 bits per heavy atom. The van der Waals surface area contributed by atoms with E-state index in [2.05, 4.69) is 21.3 Å². The molecule has 0 saturated carbocycles. The minimum Gasteiger partial charge on any atom is -0.394 e. The lowest BCUT2D eigenvalue weighted by Crippen LogP contribution is -2.62. The molecule has 5 aromatic rings. The molecule has 0 aromatic heterocycles. The summed E-state index contributed by atoms with van der Waals surface area (Å²) < 4.78 is 33.8. The molecule has 4 atom stereocenters. The lowest BCUT2D eigenvalue weighted by atomic mass is 9.98. The minimum atomic E-state index is -1.89. The van der Waals surface area contributed by atoms with Gasteiger partial charge in [0.05, 0.1) is 54.2 Å². The molecule has 18 nitrogen and oxygen atoms in total. The topological polar surface area (TPSA) is 261 Å². The summed E-state index contributed by atoms with van der Waals surface area (Å²) in [4.78, 5) is 114. The molecule has 396 valence electrons. The molecule has 6 amide bonds. The Balaban J connectivity index is 1.18. The van der Waals surface area contributed by atoms with Crippen LogP contribution in [0.3, 0.4) is 0 Å². The van der Waals surface area contributed by atoms with Gasteiger partial charge in [0.1, 0.15) is 29.3 Å². The molecule has 2 aliphatic rings. The standard InChI is InChI=1S/C55H60F2N6O12/c1-30(2)17-45(47(67)58-26-32-19-37(56)25-38(57)20-32)59-43(13-15-62-49(69)39-21-33-9-5-6-10-34(33)22-40(39)50(62)70)53(73)75-54(74)44(60-46(18-31(3)4)48(68)61-55(27-64,28-65)29-66)14-16-63-51(71)41-23-35-11-7-8-12-36(35)24-42(41)52(63)72/h5-12,19-25,30-31,43-46,59-60,64-66H,13-18,26-29H2,1-4H3,(H,58,67)(H,61,68)/t43-,44-,45+,46+/m1/s1. The molecule has 2 heterocycles. The number of benzene rings is 5. The summed E-state index contributed by atoms with van der Waals surface area (Å²) in [5.41, 5.74) is -1.30. The molecule has 7 rings (SSSR count). The van der Waals surface area contributed by atoms with E-state index in [-0.39, 0.29) is 59.0 Å². The number of aliphatic hydroxyl groups excluding tert-OH is 3. The fraction of sp³-hybridized carbons (Fsp3) is 0.382. The molecule has 2 aliphatic heterocycles. The second kappa shape index (κ2) is 23.9. The first kappa shape index (κ1) is 55.4. The number of halogens is 2. The average Bonchev–Trinajstić information content (AvgIpc) is 3.75. The van der Waals surface area contributed by atoms with E-state index in [1.165, 1.54) is 0 Å². The van der Waals surface area contributed by atoms with E-state index in [1.54, 1.807) is 100 Å². The number of ether oxygens (including phenoxy) is 1. The van der Waals surface area contributed by atoms with Gasteiger partial charge in [-0.25, -0.2) is 18.4 Å². The van der Waals surface area contributed by atoms with Gasteiger partial charge in [0.2, 0.25) is 11.8 Å². The smallest absolute Gasteiger partial charge is 0.330 e. The van der Waals surface area contributed by atoms with Crippen LogP contribution >= 0.6 is 0 Å². The molecule has 0 saturated heterocycles. The first-order valence-corrected chi connectivity index (χ1v) is 24.7. The summed E-state index contributed by atoms with van der Waals surface area (Å²) in [6.45, 7) is 3.28. The van der Waals surface area contributed by atoms with E-state index in [0.29, 0.717) is 27.6 Å². The van der Waals surface area contributed by atoms with Crippen LogP contribution < -0.4 is 21.3 Å². The summed E-state index contributed by atoms with van der Waals surface area (Å²) in [6, 6.07) is 17.4. The normalized spacial score (nSPS) is 15.1. The van der Waals surface area contributed by atoms with Crippen LogP contribution in [-0.4, -0.2) is 135 Å². The summed E-state index contributed by atoms with van der Waals surface area (Å²) in [6.07, 6.45) is -0.802. The monoisotopic (exact) mass is 1030 g/mol. The van der Waals surface area contributed by atoms with Gasteiger partial charge < -0.3 is 30.7 Å². The number of imide groups is 2. The number of nitrogens with zero attached hydrogens (tertiary/aromatic N) is 2. The fourth-order valence-electron chi connectivity index (χ4n) is 9.23. The molecule has 0 aliphatic carbocycles. The Bertz CT molecular complexity index is 2900. The van der Waals surface area contributed by atoms with Crippen molar-refractivity contribution in [1.82, 2.24) is 31.1 Å². The number of hydrogen-bond donors (Lipinski definition) is 7.